The van der Waals surface area contributed by atoms with E-state index in [4.69, 9.17) is 9.47 Å². The molecule has 6 nitrogen and oxygen atoms in total. The van der Waals surface area contributed by atoms with Gasteiger partial charge in [-0.15, -0.1) is 0 Å². The molecule has 0 atom stereocenters. The number of thioether (sulfide) groups is 1. The number of aromatic nitrogens is 3. The van der Waals surface area contributed by atoms with E-state index < -0.39 is 0 Å². The van der Waals surface area contributed by atoms with Crippen LogP contribution >= 0.6 is 11.8 Å². The summed E-state index contributed by atoms with van der Waals surface area (Å²) >= 11 is 1.51. The molecule has 0 spiro atoms. The van der Waals surface area contributed by atoms with Crippen LogP contribution in [0.2, 0.25) is 0 Å². The predicted octanol–water partition coefficient (Wildman–Crippen LogP) is 1.44. The molecule has 7 heteroatoms. The normalized spacial score (nSPS) is 10.6. The Morgan fingerprint density at radius 3 is 2.65 bits per heavy atom. The van der Waals surface area contributed by atoms with Crippen molar-refractivity contribution in [1.82, 2.24) is 15.0 Å². The average Bonchev–Trinajstić information content (AvgIpc) is 2.28. The molecular formula is C10H18N4O2S. The third-order valence-electron chi connectivity index (χ3n) is 1.68. The molecule has 96 valence electrons. The maximum atomic E-state index is 5.46. The summed E-state index contributed by atoms with van der Waals surface area (Å²) in [5.74, 6) is 1.31. The number of ether oxygens (including phenoxy) is 2. The maximum absolute atomic E-state index is 5.46. The van der Waals surface area contributed by atoms with Gasteiger partial charge in [0.25, 0.3) is 0 Å². The topological polar surface area (TPSA) is 69.2 Å². The molecule has 1 heterocycles. The van der Waals surface area contributed by atoms with E-state index in [2.05, 4.69) is 20.3 Å². The molecule has 1 aromatic heterocycles. The van der Waals surface area contributed by atoms with Gasteiger partial charge in [-0.2, -0.15) is 15.0 Å². The zero-order valence-electron chi connectivity index (χ0n) is 10.6. The minimum absolute atomic E-state index is 0.0407. The lowest BCUT2D eigenvalue weighted by Gasteiger charge is -2.09. The summed E-state index contributed by atoms with van der Waals surface area (Å²) < 4.78 is 10.4. The van der Waals surface area contributed by atoms with E-state index in [0.29, 0.717) is 23.7 Å². The van der Waals surface area contributed by atoms with Crippen molar-refractivity contribution in [3.8, 4) is 6.01 Å². The van der Waals surface area contributed by atoms with Crippen molar-refractivity contribution in [1.29, 1.82) is 0 Å². The molecule has 0 aliphatic rings. The van der Waals surface area contributed by atoms with E-state index in [0.717, 1.165) is 5.75 Å². The van der Waals surface area contributed by atoms with E-state index in [1.807, 2.05) is 13.8 Å². The fraction of sp³-hybridized carbons (Fsp3) is 0.700. The van der Waals surface area contributed by atoms with Crippen molar-refractivity contribution in [2.75, 3.05) is 31.8 Å². The molecule has 0 unspecified atom stereocenters. The Hall–Kier alpha value is -1.08. The lowest BCUT2D eigenvalue weighted by Crippen LogP contribution is -2.11. The number of methoxy groups -OCH3 is 1. The molecule has 0 aromatic carbocycles. The van der Waals surface area contributed by atoms with Crippen molar-refractivity contribution >= 4 is 17.7 Å². The van der Waals surface area contributed by atoms with Gasteiger partial charge in [0.05, 0.1) is 12.7 Å². The van der Waals surface area contributed by atoms with Gasteiger partial charge in [0.2, 0.25) is 5.95 Å². The summed E-state index contributed by atoms with van der Waals surface area (Å²) in [7, 11) is 3.43. The highest BCUT2D eigenvalue weighted by Crippen LogP contribution is 2.17. The van der Waals surface area contributed by atoms with Crippen LogP contribution in [0, 0.1) is 0 Å². The van der Waals surface area contributed by atoms with E-state index in [1.165, 1.54) is 11.8 Å². The molecular weight excluding hydrogens is 240 g/mol. The summed E-state index contributed by atoms with van der Waals surface area (Å²) in [4.78, 5) is 12.6. The van der Waals surface area contributed by atoms with Crippen molar-refractivity contribution in [3.05, 3.63) is 0 Å². The van der Waals surface area contributed by atoms with Crippen molar-refractivity contribution in [2.24, 2.45) is 0 Å². The van der Waals surface area contributed by atoms with Crippen LogP contribution in [0.25, 0.3) is 0 Å². The average molecular weight is 258 g/mol. The Morgan fingerprint density at radius 1 is 1.29 bits per heavy atom. The molecule has 0 fully saturated rings. The minimum Gasteiger partial charge on any atom is -0.461 e. The Labute approximate surface area is 106 Å². The first-order chi connectivity index (χ1) is 8.15. The molecule has 0 aliphatic carbocycles. The first-order valence-corrected chi connectivity index (χ1v) is 6.36. The largest absolute Gasteiger partial charge is 0.461 e. The summed E-state index contributed by atoms with van der Waals surface area (Å²) in [6, 6.07) is 0.347. The smallest absolute Gasteiger partial charge is 0.322 e. The first kappa shape index (κ1) is 14.0. The van der Waals surface area contributed by atoms with Crippen LogP contribution < -0.4 is 10.1 Å². The molecule has 0 amide bonds. The van der Waals surface area contributed by atoms with Gasteiger partial charge in [0.15, 0.2) is 5.16 Å². The second-order valence-corrected chi connectivity index (χ2v) is 4.54. The number of anilines is 1. The number of hydrogen-bond donors (Lipinski definition) is 1. The maximum Gasteiger partial charge on any atom is 0.322 e. The van der Waals surface area contributed by atoms with Crippen LogP contribution in [-0.2, 0) is 4.74 Å². The second-order valence-electron chi connectivity index (χ2n) is 3.48. The van der Waals surface area contributed by atoms with Gasteiger partial charge in [0.1, 0.15) is 0 Å². The zero-order valence-corrected chi connectivity index (χ0v) is 11.4. The van der Waals surface area contributed by atoms with E-state index >= 15 is 0 Å². The first-order valence-electron chi connectivity index (χ1n) is 5.38. The lowest BCUT2D eigenvalue weighted by molar-refractivity contribution is 0.217. The number of nitrogens with zero attached hydrogens (tertiary/aromatic N) is 3. The van der Waals surface area contributed by atoms with Gasteiger partial charge in [-0.25, -0.2) is 0 Å². The molecule has 17 heavy (non-hydrogen) atoms. The highest BCUT2D eigenvalue weighted by atomic mass is 32.2. The van der Waals surface area contributed by atoms with E-state index in [9.17, 15) is 0 Å². The highest BCUT2D eigenvalue weighted by molar-refractivity contribution is 7.99. The lowest BCUT2D eigenvalue weighted by atomic mass is 10.5. The molecule has 0 saturated heterocycles. The zero-order chi connectivity index (χ0) is 12.7. The summed E-state index contributed by atoms with van der Waals surface area (Å²) in [6.45, 7) is 4.52. The van der Waals surface area contributed by atoms with Crippen LogP contribution in [0.5, 0.6) is 6.01 Å². The Kier molecular flexibility index (Phi) is 5.99. The highest BCUT2D eigenvalue weighted by Gasteiger charge is 2.08. The number of rotatable bonds is 7. The molecule has 0 aliphatic heterocycles. The van der Waals surface area contributed by atoms with Crippen molar-refractivity contribution in [2.45, 2.75) is 25.1 Å². The Morgan fingerprint density at radius 2 is 2.06 bits per heavy atom. The van der Waals surface area contributed by atoms with Crippen LogP contribution in [0.1, 0.15) is 13.8 Å². The van der Waals surface area contributed by atoms with Crippen molar-refractivity contribution < 1.29 is 9.47 Å². The van der Waals surface area contributed by atoms with Crippen molar-refractivity contribution in [3.63, 3.8) is 0 Å². The van der Waals surface area contributed by atoms with Gasteiger partial charge in [-0.05, 0) is 13.8 Å². The number of hydrogen-bond acceptors (Lipinski definition) is 7. The summed E-state index contributed by atoms with van der Waals surface area (Å²) in [6.07, 6.45) is 0.0407. The van der Waals surface area contributed by atoms with Gasteiger partial charge in [0, 0.05) is 19.9 Å². The summed E-state index contributed by atoms with van der Waals surface area (Å²) in [5.41, 5.74) is 0. The molecule has 1 aromatic rings. The monoisotopic (exact) mass is 258 g/mol. The molecule has 1 rings (SSSR count). The van der Waals surface area contributed by atoms with Gasteiger partial charge in [-0.1, -0.05) is 11.8 Å². The van der Waals surface area contributed by atoms with E-state index in [1.54, 1.807) is 14.2 Å². The fourth-order valence-corrected chi connectivity index (χ4v) is 1.72. The predicted molar refractivity (Wildman–Crippen MR) is 67.7 cm³/mol. The third kappa shape index (κ3) is 5.18. The molecule has 0 radical (unpaired) electrons. The van der Waals surface area contributed by atoms with E-state index in [-0.39, 0.29) is 6.10 Å². The summed E-state index contributed by atoms with van der Waals surface area (Å²) in [5, 5.41) is 3.52. The molecule has 1 N–H and O–H groups in total. The SMILES string of the molecule is CNc1nc(OC(C)C)nc(SCCOC)n1. The third-order valence-corrected chi connectivity index (χ3v) is 2.49. The second kappa shape index (κ2) is 7.29. The number of nitrogens with one attached hydrogen (secondary N) is 1. The quantitative estimate of drug-likeness (QED) is 0.586. The van der Waals surface area contributed by atoms with Crippen LogP contribution in [0.15, 0.2) is 5.16 Å². The minimum atomic E-state index is 0.0407. The van der Waals surface area contributed by atoms with Crippen LogP contribution in [0.4, 0.5) is 5.95 Å². The van der Waals surface area contributed by atoms with Crippen LogP contribution in [0.3, 0.4) is 0 Å². The Balaban J connectivity index is 2.74. The van der Waals surface area contributed by atoms with Gasteiger partial charge in [-0.3, -0.25) is 0 Å². The molecule has 0 bridgehead atoms. The van der Waals surface area contributed by atoms with Crippen LogP contribution in [-0.4, -0.2) is 47.6 Å². The Bertz CT molecular complexity index is 349. The van der Waals surface area contributed by atoms with Gasteiger partial charge < -0.3 is 14.8 Å². The standard InChI is InChI=1S/C10H18N4O2S/c1-7(2)16-9-12-8(11-3)13-10(14-9)17-6-5-15-4/h7H,5-6H2,1-4H3,(H,11,12,13,14). The fourth-order valence-electron chi connectivity index (χ4n) is 0.994. The molecule has 0 saturated carbocycles. The van der Waals surface area contributed by atoms with Gasteiger partial charge >= 0.3 is 6.01 Å².